The average Bonchev–Trinajstić information content (AvgIpc) is 2.49. The Balaban J connectivity index is 1.91. The summed E-state index contributed by atoms with van der Waals surface area (Å²) >= 11 is 0. The molecule has 0 bridgehead atoms. The number of hydrogen-bond acceptors (Lipinski definition) is 3. The lowest BCUT2D eigenvalue weighted by molar-refractivity contribution is 0.129. The second-order valence-corrected chi connectivity index (χ2v) is 4.29. The number of oxime groups is 1. The van der Waals surface area contributed by atoms with E-state index in [2.05, 4.69) is 11.2 Å². The fourth-order valence-corrected chi connectivity index (χ4v) is 1.78. The molecule has 0 saturated carbocycles. The predicted octanol–water partition coefficient (Wildman–Crippen LogP) is 2.59. The van der Waals surface area contributed by atoms with E-state index in [9.17, 15) is 0 Å². The minimum atomic E-state index is 0.235. The Bertz CT molecular complexity index is 630. The lowest BCUT2D eigenvalue weighted by Gasteiger charge is -2.04. The summed E-state index contributed by atoms with van der Waals surface area (Å²) in [4.78, 5) is 5.21. The molecular weight excluding hydrogens is 250 g/mol. The maximum absolute atomic E-state index is 8.96. The van der Waals surface area contributed by atoms with Crippen LogP contribution in [0, 0.1) is 11.3 Å². The zero-order chi connectivity index (χ0) is 14.2. The van der Waals surface area contributed by atoms with E-state index in [4.69, 9.17) is 15.8 Å². The molecule has 20 heavy (non-hydrogen) atoms. The van der Waals surface area contributed by atoms with Crippen molar-refractivity contribution in [3.63, 3.8) is 0 Å². The number of nitriles is 1. The second kappa shape index (κ2) is 6.95. The normalized spacial score (nSPS) is 10.8. The van der Waals surface area contributed by atoms with E-state index in [1.807, 2.05) is 48.5 Å². The second-order valence-electron chi connectivity index (χ2n) is 4.29. The highest BCUT2D eigenvalue weighted by Crippen LogP contribution is 2.08. The van der Waals surface area contributed by atoms with Crippen LogP contribution >= 0.6 is 0 Å². The smallest absolute Gasteiger partial charge is 0.143 e. The Labute approximate surface area is 118 Å². The standard InChI is InChI=1S/C16H15N3O/c17-11-14-8-4-5-9-15(14)12-20-19-16(18)10-13-6-2-1-3-7-13/h1-9H,10,12H2,(H2,18,19). The van der Waals surface area contributed by atoms with E-state index in [0.717, 1.165) is 11.1 Å². The van der Waals surface area contributed by atoms with Gasteiger partial charge in [0.15, 0.2) is 0 Å². The van der Waals surface area contributed by atoms with Gasteiger partial charge in [-0.3, -0.25) is 0 Å². The molecule has 0 unspecified atom stereocenters. The highest BCUT2D eigenvalue weighted by molar-refractivity contribution is 5.82. The molecule has 4 nitrogen and oxygen atoms in total. The van der Waals surface area contributed by atoms with Crippen LogP contribution in [0.15, 0.2) is 59.8 Å². The summed E-state index contributed by atoms with van der Waals surface area (Å²) in [6.07, 6.45) is 0.542. The van der Waals surface area contributed by atoms with Gasteiger partial charge in [0, 0.05) is 12.0 Å². The molecule has 2 rings (SSSR count). The molecule has 0 aliphatic carbocycles. The molecule has 100 valence electrons. The third kappa shape index (κ3) is 3.85. The monoisotopic (exact) mass is 265 g/mol. The summed E-state index contributed by atoms with van der Waals surface area (Å²) in [5.41, 5.74) is 8.26. The van der Waals surface area contributed by atoms with Gasteiger partial charge in [0.05, 0.1) is 11.6 Å². The molecular formula is C16H15N3O. The first-order chi connectivity index (χ1) is 9.79. The van der Waals surface area contributed by atoms with Gasteiger partial charge in [0.25, 0.3) is 0 Å². The molecule has 0 heterocycles. The van der Waals surface area contributed by atoms with Gasteiger partial charge in [-0.25, -0.2) is 0 Å². The molecule has 2 aromatic carbocycles. The quantitative estimate of drug-likeness (QED) is 0.513. The van der Waals surface area contributed by atoms with Crippen LogP contribution in [0.2, 0.25) is 0 Å². The van der Waals surface area contributed by atoms with Gasteiger partial charge in [0.2, 0.25) is 0 Å². The largest absolute Gasteiger partial charge is 0.389 e. The van der Waals surface area contributed by atoms with Gasteiger partial charge >= 0.3 is 0 Å². The highest BCUT2D eigenvalue weighted by Gasteiger charge is 2.01. The van der Waals surface area contributed by atoms with Crippen molar-refractivity contribution in [2.24, 2.45) is 10.9 Å². The van der Waals surface area contributed by atoms with E-state index in [1.165, 1.54) is 0 Å². The molecule has 0 radical (unpaired) electrons. The topological polar surface area (TPSA) is 71.4 Å². The SMILES string of the molecule is N#Cc1ccccc1CO/N=C(\N)Cc1ccccc1. The van der Waals surface area contributed by atoms with Crippen molar-refractivity contribution in [3.8, 4) is 6.07 Å². The Morgan fingerprint density at radius 2 is 1.80 bits per heavy atom. The van der Waals surface area contributed by atoms with Crippen LogP contribution in [0.5, 0.6) is 0 Å². The highest BCUT2D eigenvalue weighted by atomic mass is 16.6. The Morgan fingerprint density at radius 3 is 2.55 bits per heavy atom. The predicted molar refractivity (Wildman–Crippen MR) is 77.7 cm³/mol. The summed E-state index contributed by atoms with van der Waals surface area (Å²) < 4.78 is 0. The third-order valence-corrected chi connectivity index (χ3v) is 2.77. The van der Waals surface area contributed by atoms with E-state index in [0.29, 0.717) is 17.8 Å². The van der Waals surface area contributed by atoms with E-state index >= 15 is 0 Å². The van der Waals surface area contributed by atoms with Gasteiger partial charge in [0.1, 0.15) is 12.4 Å². The van der Waals surface area contributed by atoms with Gasteiger partial charge < -0.3 is 10.6 Å². The Morgan fingerprint density at radius 1 is 1.10 bits per heavy atom. The molecule has 0 saturated heterocycles. The van der Waals surface area contributed by atoms with Crippen molar-refractivity contribution in [2.45, 2.75) is 13.0 Å². The summed E-state index contributed by atoms with van der Waals surface area (Å²) in [5, 5.41) is 12.8. The minimum Gasteiger partial charge on any atom is -0.389 e. The molecule has 0 fully saturated rings. The van der Waals surface area contributed by atoms with Crippen molar-refractivity contribution < 1.29 is 4.84 Å². The van der Waals surface area contributed by atoms with Crippen LogP contribution in [-0.4, -0.2) is 5.84 Å². The molecule has 0 aliphatic rings. The summed E-state index contributed by atoms with van der Waals surface area (Å²) in [6, 6.07) is 19.2. The van der Waals surface area contributed by atoms with E-state index in [1.54, 1.807) is 6.07 Å². The average molecular weight is 265 g/mol. The molecule has 4 heteroatoms. The Kier molecular flexibility index (Phi) is 4.74. The lowest BCUT2D eigenvalue weighted by Crippen LogP contribution is -2.15. The Hall–Kier alpha value is -2.80. The van der Waals surface area contributed by atoms with Gasteiger partial charge in [-0.05, 0) is 11.6 Å². The van der Waals surface area contributed by atoms with Crippen molar-refractivity contribution in [2.75, 3.05) is 0 Å². The number of nitrogens with zero attached hydrogens (tertiary/aromatic N) is 2. The third-order valence-electron chi connectivity index (χ3n) is 2.77. The van der Waals surface area contributed by atoms with Crippen LogP contribution in [0.4, 0.5) is 0 Å². The minimum absolute atomic E-state index is 0.235. The molecule has 2 aromatic rings. The first-order valence-electron chi connectivity index (χ1n) is 6.26. The fourth-order valence-electron chi connectivity index (χ4n) is 1.78. The first kappa shape index (κ1) is 13.6. The zero-order valence-electron chi connectivity index (χ0n) is 11.0. The van der Waals surface area contributed by atoms with Crippen LogP contribution in [0.1, 0.15) is 16.7 Å². The molecule has 0 spiro atoms. The van der Waals surface area contributed by atoms with Crippen molar-refractivity contribution >= 4 is 5.84 Å². The molecule has 0 amide bonds. The van der Waals surface area contributed by atoms with Crippen molar-refractivity contribution in [1.82, 2.24) is 0 Å². The number of rotatable bonds is 5. The van der Waals surface area contributed by atoms with Gasteiger partial charge in [-0.2, -0.15) is 5.26 Å². The van der Waals surface area contributed by atoms with Crippen molar-refractivity contribution in [1.29, 1.82) is 5.26 Å². The van der Waals surface area contributed by atoms with Crippen LogP contribution < -0.4 is 5.73 Å². The number of amidine groups is 1. The fraction of sp³-hybridized carbons (Fsp3) is 0.125. The first-order valence-corrected chi connectivity index (χ1v) is 6.26. The summed E-state index contributed by atoms with van der Waals surface area (Å²) in [5.74, 6) is 0.408. The number of nitrogens with two attached hydrogens (primary N) is 1. The lowest BCUT2D eigenvalue weighted by atomic mass is 10.1. The summed E-state index contributed by atoms with van der Waals surface area (Å²) in [6.45, 7) is 0.235. The van der Waals surface area contributed by atoms with Gasteiger partial charge in [-0.15, -0.1) is 0 Å². The van der Waals surface area contributed by atoms with Crippen LogP contribution in [0.25, 0.3) is 0 Å². The van der Waals surface area contributed by atoms with E-state index < -0.39 is 0 Å². The van der Waals surface area contributed by atoms with E-state index in [-0.39, 0.29) is 6.61 Å². The van der Waals surface area contributed by atoms with Crippen LogP contribution in [-0.2, 0) is 17.9 Å². The zero-order valence-corrected chi connectivity index (χ0v) is 11.0. The molecule has 0 aliphatic heterocycles. The van der Waals surface area contributed by atoms with Crippen LogP contribution in [0.3, 0.4) is 0 Å². The molecule has 2 N–H and O–H groups in total. The molecule has 0 atom stereocenters. The van der Waals surface area contributed by atoms with Crippen molar-refractivity contribution in [3.05, 3.63) is 71.3 Å². The number of hydrogen-bond donors (Lipinski definition) is 1. The van der Waals surface area contributed by atoms with Gasteiger partial charge in [-0.1, -0.05) is 53.7 Å². The summed E-state index contributed by atoms with van der Waals surface area (Å²) in [7, 11) is 0. The maximum atomic E-state index is 8.96. The maximum Gasteiger partial charge on any atom is 0.143 e. The number of benzene rings is 2. The molecule has 0 aromatic heterocycles.